The zero-order valence-corrected chi connectivity index (χ0v) is 23.9. The lowest BCUT2D eigenvalue weighted by atomic mass is 9.82. The summed E-state index contributed by atoms with van der Waals surface area (Å²) in [4.78, 5) is 16.2. The van der Waals surface area contributed by atoms with Gasteiger partial charge in [-0.3, -0.25) is 4.99 Å². The van der Waals surface area contributed by atoms with Crippen molar-refractivity contribution in [3.8, 4) is 0 Å². The van der Waals surface area contributed by atoms with E-state index in [1.54, 1.807) is 6.20 Å². The average molecular weight is 481 g/mol. The van der Waals surface area contributed by atoms with Crippen molar-refractivity contribution < 1.29 is 9.53 Å². The topological polar surface area (TPSA) is 43.6 Å². The molecule has 0 aliphatic heterocycles. The molecule has 0 radical (unpaired) electrons. The Balaban J connectivity index is 0.00000242. The summed E-state index contributed by atoms with van der Waals surface area (Å²) in [6.45, 7) is 17.5. The number of hydrogen-bond acceptors (Lipinski definition) is 3. The number of ether oxygens (including phenoxy) is 1. The summed E-state index contributed by atoms with van der Waals surface area (Å²) in [6.07, 6.45) is 18.2. The van der Waals surface area contributed by atoms with Gasteiger partial charge in [0.2, 0.25) is 0 Å². The van der Waals surface area contributed by atoms with E-state index in [1.807, 2.05) is 27.7 Å². The summed E-state index contributed by atoms with van der Waals surface area (Å²) >= 11 is 0. The third kappa shape index (κ3) is 10.6. The van der Waals surface area contributed by atoms with Crippen LogP contribution in [0.3, 0.4) is 0 Å². The lowest BCUT2D eigenvalue weighted by Crippen LogP contribution is -2.19. The van der Waals surface area contributed by atoms with Crippen molar-refractivity contribution in [2.45, 2.75) is 86.8 Å². The normalized spacial score (nSPS) is 16.0. The van der Waals surface area contributed by atoms with E-state index in [0.29, 0.717) is 6.73 Å². The number of nitrogens with zero attached hydrogens (tertiary/aromatic N) is 2. The van der Waals surface area contributed by atoms with Crippen LogP contribution >= 0.6 is 10.0 Å². The Morgan fingerprint density at radius 2 is 1.91 bits per heavy atom. The van der Waals surface area contributed by atoms with Crippen LogP contribution in [0.5, 0.6) is 0 Å². The first-order valence-corrected chi connectivity index (χ1v) is 15.8. The summed E-state index contributed by atoms with van der Waals surface area (Å²) in [5.41, 5.74) is 3.62. The highest BCUT2D eigenvalue weighted by Gasteiger charge is 2.48. The number of carbonyl (C=O) groups is 1. The van der Waals surface area contributed by atoms with Crippen molar-refractivity contribution in [3.05, 3.63) is 36.3 Å². The zero-order valence-electron chi connectivity index (χ0n) is 23.1. The van der Waals surface area contributed by atoms with Gasteiger partial charge in [0.15, 0.2) is 0 Å². The Morgan fingerprint density at radius 1 is 1.27 bits per heavy atom. The summed E-state index contributed by atoms with van der Waals surface area (Å²) in [5.74, 6) is 1.32. The van der Waals surface area contributed by atoms with Gasteiger partial charge in [0, 0.05) is 41.0 Å². The van der Waals surface area contributed by atoms with Crippen LogP contribution in [0.2, 0.25) is 0 Å². The van der Waals surface area contributed by atoms with E-state index in [2.05, 4.69) is 61.0 Å². The second kappa shape index (κ2) is 16.3. The summed E-state index contributed by atoms with van der Waals surface area (Å²) in [5, 5.41) is 0. The number of hydrogen-bond donors (Lipinski definition) is 0. The van der Waals surface area contributed by atoms with Crippen molar-refractivity contribution >= 4 is 22.0 Å². The van der Waals surface area contributed by atoms with E-state index in [0.717, 1.165) is 43.8 Å². The molecule has 1 unspecified atom stereocenters. The standard InChI is InChI=1S/C24H40N2O2S.2C2H6/c1-7-9-21(18-27)24(13-14-24)12-10-23(25-8-2)22-11-15-26(20(22)3)19-28-16-17-29(4,5)6;2*1-2/h8,11,15,18,21H,2,7,9-10,12-14,16-17,19H2,1,3-6H3;2*1-2H3. The van der Waals surface area contributed by atoms with E-state index in [4.69, 9.17) is 4.74 Å². The van der Waals surface area contributed by atoms with Gasteiger partial charge in [0.25, 0.3) is 0 Å². The Morgan fingerprint density at radius 3 is 2.39 bits per heavy atom. The minimum atomic E-state index is -0.523. The van der Waals surface area contributed by atoms with Gasteiger partial charge < -0.3 is 14.1 Å². The van der Waals surface area contributed by atoms with Crippen molar-refractivity contribution in [3.63, 3.8) is 0 Å². The highest BCUT2D eigenvalue weighted by atomic mass is 32.3. The van der Waals surface area contributed by atoms with Crippen molar-refractivity contribution in [1.82, 2.24) is 4.57 Å². The fourth-order valence-electron chi connectivity index (χ4n) is 4.01. The minimum Gasteiger partial charge on any atom is -0.360 e. The molecule has 33 heavy (non-hydrogen) atoms. The van der Waals surface area contributed by atoms with Crippen LogP contribution < -0.4 is 0 Å². The fraction of sp³-hybridized carbons (Fsp3) is 0.714. The third-order valence-electron chi connectivity index (χ3n) is 6.17. The first kappa shape index (κ1) is 31.7. The van der Waals surface area contributed by atoms with E-state index >= 15 is 0 Å². The molecule has 1 aromatic heterocycles. The van der Waals surface area contributed by atoms with Gasteiger partial charge >= 0.3 is 0 Å². The smallest absolute Gasteiger partial charge is 0.123 e. The number of carbonyl (C=O) groups excluding carboxylic acids is 1. The molecule has 1 heterocycles. The molecule has 1 aromatic rings. The van der Waals surface area contributed by atoms with Crippen LogP contribution in [0.25, 0.3) is 0 Å². The predicted molar refractivity (Wildman–Crippen MR) is 150 cm³/mol. The second-order valence-corrected chi connectivity index (χ2v) is 13.9. The van der Waals surface area contributed by atoms with Crippen LogP contribution in [-0.2, 0) is 16.3 Å². The van der Waals surface area contributed by atoms with Gasteiger partial charge in [0.05, 0.1) is 6.61 Å². The lowest BCUT2D eigenvalue weighted by Gasteiger charge is -2.24. The number of aldehydes is 1. The predicted octanol–water partition coefficient (Wildman–Crippen LogP) is 7.63. The highest BCUT2D eigenvalue weighted by Crippen LogP contribution is 2.56. The van der Waals surface area contributed by atoms with E-state index in [1.165, 1.54) is 30.4 Å². The zero-order chi connectivity index (χ0) is 25.5. The van der Waals surface area contributed by atoms with E-state index in [9.17, 15) is 4.79 Å². The summed E-state index contributed by atoms with van der Waals surface area (Å²) in [6, 6.07) is 2.14. The quantitative estimate of drug-likeness (QED) is 0.156. The molecule has 0 amide bonds. The Kier molecular flexibility index (Phi) is 15.7. The summed E-state index contributed by atoms with van der Waals surface area (Å²) < 4.78 is 8.07. The minimum absolute atomic E-state index is 0.196. The van der Waals surface area contributed by atoms with E-state index in [-0.39, 0.29) is 11.3 Å². The lowest BCUT2D eigenvalue weighted by molar-refractivity contribution is -0.113. The number of rotatable bonds is 14. The molecule has 1 aliphatic rings. The van der Waals surface area contributed by atoms with Crippen LogP contribution in [0.4, 0.5) is 0 Å². The maximum atomic E-state index is 11.6. The second-order valence-electron chi connectivity index (χ2n) is 9.27. The molecule has 1 aliphatic carbocycles. The largest absolute Gasteiger partial charge is 0.360 e. The molecule has 4 nitrogen and oxygen atoms in total. The number of aliphatic imine (C=N–C) groups is 1. The molecule has 0 spiro atoms. The molecular weight excluding hydrogens is 428 g/mol. The van der Waals surface area contributed by atoms with Gasteiger partial charge in [-0.2, -0.15) is 0 Å². The first-order chi connectivity index (χ1) is 15.8. The molecule has 0 bridgehead atoms. The van der Waals surface area contributed by atoms with Crippen molar-refractivity contribution in [2.24, 2.45) is 16.3 Å². The Bertz CT molecular complexity index is 712. The monoisotopic (exact) mass is 480 g/mol. The fourth-order valence-corrected chi connectivity index (χ4v) is 4.63. The Hall–Kier alpha value is -1.33. The average Bonchev–Trinajstić information content (AvgIpc) is 3.51. The molecule has 5 heteroatoms. The van der Waals surface area contributed by atoms with Gasteiger partial charge in [0.1, 0.15) is 13.0 Å². The third-order valence-corrected chi connectivity index (χ3v) is 7.56. The van der Waals surface area contributed by atoms with Crippen molar-refractivity contribution in [1.29, 1.82) is 0 Å². The summed E-state index contributed by atoms with van der Waals surface area (Å²) in [7, 11) is -0.523. The molecule has 192 valence electrons. The maximum absolute atomic E-state index is 11.6. The van der Waals surface area contributed by atoms with Gasteiger partial charge in [-0.05, 0) is 69.3 Å². The highest BCUT2D eigenvalue weighted by molar-refractivity contribution is 8.32. The first-order valence-electron chi connectivity index (χ1n) is 12.8. The molecule has 0 N–H and O–H groups in total. The molecule has 1 saturated carbocycles. The maximum Gasteiger partial charge on any atom is 0.123 e. The van der Waals surface area contributed by atoms with Crippen LogP contribution in [0, 0.1) is 18.3 Å². The molecule has 0 aromatic carbocycles. The molecule has 0 saturated heterocycles. The van der Waals surface area contributed by atoms with Crippen molar-refractivity contribution in [2.75, 3.05) is 31.1 Å². The molecular formula is C28H52N2O2S. The van der Waals surface area contributed by atoms with Crippen LogP contribution in [0.15, 0.2) is 30.0 Å². The van der Waals surface area contributed by atoms with Gasteiger partial charge in [-0.15, -0.1) is 0 Å². The SMILES string of the molecule is C=CN=C(CCC1(C(C=O)CCC)CC1)c1ccn(COCCS(C)(C)C)c1C.CC.CC. The molecule has 2 rings (SSSR count). The number of aromatic nitrogens is 1. The van der Waals surface area contributed by atoms with Gasteiger partial charge in [-0.1, -0.05) is 47.6 Å². The Labute approximate surface area is 206 Å². The van der Waals surface area contributed by atoms with Gasteiger partial charge in [-0.25, -0.2) is 10.0 Å². The van der Waals surface area contributed by atoms with Crippen LogP contribution in [0.1, 0.15) is 84.4 Å². The molecule has 1 fully saturated rings. The molecule has 1 atom stereocenters. The van der Waals surface area contributed by atoms with E-state index < -0.39 is 10.0 Å². The van der Waals surface area contributed by atoms with Crippen LogP contribution in [-0.4, -0.2) is 47.7 Å².